The third-order valence-electron chi connectivity index (χ3n) is 4.16. The summed E-state index contributed by atoms with van der Waals surface area (Å²) in [7, 11) is 0. The van der Waals surface area contributed by atoms with Crippen molar-refractivity contribution in [2.24, 2.45) is 5.73 Å². The fourth-order valence-electron chi connectivity index (χ4n) is 2.87. The molecule has 1 unspecified atom stereocenters. The Bertz CT molecular complexity index is 552. The summed E-state index contributed by atoms with van der Waals surface area (Å²) in [5, 5.41) is 0. The number of benzene rings is 1. The summed E-state index contributed by atoms with van der Waals surface area (Å²) < 4.78 is 0. The highest BCUT2D eigenvalue weighted by atomic mass is 14.9. The van der Waals surface area contributed by atoms with Gasteiger partial charge in [0.05, 0.1) is 0 Å². The number of fused-ring (bicyclic) bond motifs is 1. The van der Waals surface area contributed by atoms with Gasteiger partial charge in [0, 0.05) is 24.4 Å². The summed E-state index contributed by atoms with van der Waals surface area (Å²) in [6, 6.07) is 8.85. The van der Waals surface area contributed by atoms with Gasteiger partial charge >= 0.3 is 0 Å². The van der Waals surface area contributed by atoms with Gasteiger partial charge in [-0.25, -0.2) is 9.97 Å². The second kappa shape index (κ2) is 5.71. The lowest BCUT2D eigenvalue weighted by Crippen LogP contribution is -2.21. The largest absolute Gasteiger partial charge is 0.327 e. The molecular weight excluding hydrogens is 246 g/mol. The molecular formula is C17H21N3. The van der Waals surface area contributed by atoms with Crippen molar-refractivity contribution in [2.75, 3.05) is 0 Å². The van der Waals surface area contributed by atoms with E-state index in [9.17, 15) is 0 Å². The monoisotopic (exact) mass is 267 g/mol. The highest BCUT2D eigenvalue weighted by Crippen LogP contribution is 2.31. The molecule has 0 fully saturated rings. The SMILES string of the molecule is CCC(N)Cc1cnc(C2Cc3ccccc3C2)nc1. The Hall–Kier alpha value is -1.74. The lowest BCUT2D eigenvalue weighted by Gasteiger charge is -2.10. The summed E-state index contributed by atoms with van der Waals surface area (Å²) in [5.74, 6) is 1.40. The van der Waals surface area contributed by atoms with Crippen LogP contribution in [0.5, 0.6) is 0 Å². The topological polar surface area (TPSA) is 51.8 Å². The zero-order valence-electron chi connectivity index (χ0n) is 11.9. The Labute approximate surface area is 120 Å². The number of aromatic nitrogens is 2. The van der Waals surface area contributed by atoms with Gasteiger partial charge in [-0.2, -0.15) is 0 Å². The summed E-state index contributed by atoms with van der Waals surface area (Å²) in [5.41, 5.74) is 9.99. The van der Waals surface area contributed by atoms with Gasteiger partial charge in [-0.15, -0.1) is 0 Å². The van der Waals surface area contributed by atoms with Crippen molar-refractivity contribution < 1.29 is 0 Å². The van der Waals surface area contributed by atoms with Crippen LogP contribution in [0.15, 0.2) is 36.7 Å². The maximum absolute atomic E-state index is 5.97. The quantitative estimate of drug-likeness (QED) is 0.926. The first kappa shape index (κ1) is 13.3. The average molecular weight is 267 g/mol. The molecule has 1 atom stereocenters. The minimum Gasteiger partial charge on any atom is -0.327 e. The van der Waals surface area contributed by atoms with Crippen molar-refractivity contribution in [3.8, 4) is 0 Å². The Morgan fingerprint density at radius 2 is 1.75 bits per heavy atom. The zero-order valence-corrected chi connectivity index (χ0v) is 11.9. The van der Waals surface area contributed by atoms with Crippen LogP contribution >= 0.6 is 0 Å². The first-order valence-electron chi connectivity index (χ1n) is 7.39. The van der Waals surface area contributed by atoms with E-state index in [0.717, 1.165) is 37.1 Å². The lowest BCUT2D eigenvalue weighted by atomic mass is 10.0. The predicted molar refractivity (Wildman–Crippen MR) is 80.6 cm³/mol. The van der Waals surface area contributed by atoms with E-state index in [4.69, 9.17) is 5.73 Å². The molecule has 104 valence electrons. The number of hydrogen-bond donors (Lipinski definition) is 1. The van der Waals surface area contributed by atoms with E-state index in [1.807, 2.05) is 12.4 Å². The first-order valence-corrected chi connectivity index (χ1v) is 7.39. The zero-order chi connectivity index (χ0) is 13.9. The molecule has 0 amide bonds. The van der Waals surface area contributed by atoms with Crippen LogP contribution in [0.4, 0.5) is 0 Å². The van der Waals surface area contributed by atoms with Crippen molar-refractivity contribution in [3.05, 3.63) is 59.2 Å². The van der Waals surface area contributed by atoms with E-state index in [2.05, 4.69) is 41.2 Å². The van der Waals surface area contributed by atoms with Gasteiger partial charge in [-0.05, 0) is 42.4 Å². The third kappa shape index (κ3) is 2.73. The van der Waals surface area contributed by atoms with Gasteiger partial charge in [-0.1, -0.05) is 31.2 Å². The molecule has 3 heteroatoms. The summed E-state index contributed by atoms with van der Waals surface area (Å²) in [4.78, 5) is 9.13. The molecule has 3 rings (SSSR count). The van der Waals surface area contributed by atoms with Crippen LogP contribution in [-0.2, 0) is 19.3 Å². The fraction of sp³-hybridized carbons (Fsp3) is 0.412. The lowest BCUT2D eigenvalue weighted by molar-refractivity contribution is 0.635. The molecule has 0 saturated heterocycles. The van der Waals surface area contributed by atoms with E-state index < -0.39 is 0 Å². The minimum atomic E-state index is 0.209. The molecule has 0 saturated carbocycles. The van der Waals surface area contributed by atoms with Crippen LogP contribution in [0.3, 0.4) is 0 Å². The predicted octanol–water partition coefficient (Wildman–Crippen LogP) is 2.64. The van der Waals surface area contributed by atoms with Crippen LogP contribution < -0.4 is 5.73 Å². The number of rotatable bonds is 4. The van der Waals surface area contributed by atoms with E-state index in [-0.39, 0.29) is 6.04 Å². The van der Waals surface area contributed by atoms with Gasteiger partial charge in [0.1, 0.15) is 5.82 Å². The second-order valence-corrected chi connectivity index (χ2v) is 5.70. The third-order valence-corrected chi connectivity index (χ3v) is 4.16. The molecule has 1 aromatic carbocycles. The first-order chi connectivity index (χ1) is 9.76. The Balaban J connectivity index is 1.70. The average Bonchev–Trinajstić information content (AvgIpc) is 2.91. The van der Waals surface area contributed by atoms with Crippen LogP contribution in [0, 0.1) is 0 Å². The molecule has 0 spiro atoms. The van der Waals surface area contributed by atoms with Crippen molar-refractivity contribution in [3.63, 3.8) is 0 Å². The molecule has 2 aromatic rings. The maximum Gasteiger partial charge on any atom is 0.131 e. The summed E-state index contributed by atoms with van der Waals surface area (Å²) in [6.07, 6.45) is 7.86. The summed E-state index contributed by atoms with van der Waals surface area (Å²) in [6.45, 7) is 2.11. The molecule has 0 aliphatic heterocycles. The molecule has 1 aliphatic carbocycles. The van der Waals surface area contributed by atoms with E-state index >= 15 is 0 Å². The second-order valence-electron chi connectivity index (χ2n) is 5.70. The Morgan fingerprint density at radius 3 is 2.30 bits per heavy atom. The molecule has 0 radical (unpaired) electrons. The van der Waals surface area contributed by atoms with E-state index in [1.165, 1.54) is 11.1 Å². The van der Waals surface area contributed by atoms with Gasteiger partial charge in [0.25, 0.3) is 0 Å². The van der Waals surface area contributed by atoms with Crippen LogP contribution in [0.25, 0.3) is 0 Å². The Kier molecular flexibility index (Phi) is 3.79. The molecule has 20 heavy (non-hydrogen) atoms. The highest BCUT2D eigenvalue weighted by molar-refractivity contribution is 5.35. The fourth-order valence-corrected chi connectivity index (χ4v) is 2.87. The molecule has 2 N–H and O–H groups in total. The van der Waals surface area contributed by atoms with Crippen molar-refractivity contribution in [2.45, 2.75) is 44.6 Å². The van der Waals surface area contributed by atoms with Gasteiger partial charge in [-0.3, -0.25) is 0 Å². The smallest absolute Gasteiger partial charge is 0.131 e. The number of nitrogens with two attached hydrogens (primary N) is 1. The van der Waals surface area contributed by atoms with Crippen molar-refractivity contribution in [1.82, 2.24) is 9.97 Å². The molecule has 1 heterocycles. The Morgan fingerprint density at radius 1 is 1.15 bits per heavy atom. The van der Waals surface area contributed by atoms with Crippen LogP contribution in [0.2, 0.25) is 0 Å². The van der Waals surface area contributed by atoms with E-state index in [1.54, 1.807) is 0 Å². The molecule has 1 aliphatic rings. The van der Waals surface area contributed by atoms with Gasteiger partial charge < -0.3 is 5.73 Å². The number of nitrogens with zero attached hydrogens (tertiary/aromatic N) is 2. The van der Waals surface area contributed by atoms with E-state index in [0.29, 0.717) is 5.92 Å². The van der Waals surface area contributed by atoms with Crippen LogP contribution in [0.1, 0.15) is 41.8 Å². The van der Waals surface area contributed by atoms with Crippen molar-refractivity contribution >= 4 is 0 Å². The summed E-state index contributed by atoms with van der Waals surface area (Å²) >= 11 is 0. The number of hydrogen-bond acceptors (Lipinski definition) is 3. The molecule has 1 aromatic heterocycles. The maximum atomic E-state index is 5.97. The minimum absolute atomic E-state index is 0.209. The van der Waals surface area contributed by atoms with Crippen LogP contribution in [-0.4, -0.2) is 16.0 Å². The highest BCUT2D eigenvalue weighted by Gasteiger charge is 2.24. The van der Waals surface area contributed by atoms with Gasteiger partial charge in [0.2, 0.25) is 0 Å². The van der Waals surface area contributed by atoms with Gasteiger partial charge in [0.15, 0.2) is 0 Å². The normalized spacial score (nSPS) is 16.1. The molecule has 3 nitrogen and oxygen atoms in total. The van der Waals surface area contributed by atoms with Crippen molar-refractivity contribution in [1.29, 1.82) is 0 Å². The standard InChI is InChI=1S/C17H21N3/c1-2-16(18)7-12-10-19-17(20-11-12)15-8-13-5-3-4-6-14(13)9-15/h3-6,10-11,15-16H,2,7-9,18H2,1H3. The molecule has 0 bridgehead atoms.